The third-order valence-electron chi connectivity index (χ3n) is 3.14. The fourth-order valence-corrected chi connectivity index (χ4v) is 2.10. The van der Waals surface area contributed by atoms with Crippen molar-refractivity contribution in [3.8, 4) is 11.4 Å². The van der Waals surface area contributed by atoms with Crippen molar-refractivity contribution in [2.24, 2.45) is 11.7 Å². The van der Waals surface area contributed by atoms with E-state index in [9.17, 15) is 0 Å². The Labute approximate surface area is 118 Å². The van der Waals surface area contributed by atoms with Crippen LogP contribution in [0.1, 0.15) is 25.6 Å². The van der Waals surface area contributed by atoms with Crippen LogP contribution in [0.25, 0.3) is 5.69 Å². The summed E-state index contributed by atoms with van der Waals surface area (Å²) in [5.41, 5.74) is 8.11. The van der Waals surface area contributed by atoms with Gasteiger partial charge in [0.1, 0.15) is 5.75 Å². The third kappa shape index (κ3) is 2.74. The molecule has 0 saturated carbocycles. The van der Waals surface area contributed by atoms with Crippen LogP contribution in [0.3, 0.4) is 0 Å². The van der Waals surface area contributed by atoms with E-state index < -0.39 is 0 Å². The minimum absolute atomic E-state index is 0.0656. The van der Waals surface area contributed by atoms with E-state index in [0.29, 0.717) is 16.7 Å². The van der Waals surface area contributed by atoms with Gasteiger partial charge in [0.05, 0.1) is 36.0 Å². The molecule has 1 aromatic carbocycles. The molecule has 1 aromatic heterocycles. The molecule has 1 heterocycles. The zero-order chi connectivity index (χ0) is 14.0. The second-order valence-electron chi connectivity index (χ2n) is 4.78. The SMILES string of the molecule is COc1cc(-n2cncc2C(N)C(C)C)ccc1Cl. The first-order valence-electron chi connectivity index (χ1n) is 6.16. The van der Waals surface area contributed by atoms with Crippen LogP contribution >= 0.6 is 11.6 Å². The average molecular weight is 280 g/mol. The molecule has 0 amide bonds. The summed E-state index contributed by atoms with van der Waals surface area (Å²) in [7, 11) is 1.60. The van der Waals surface area contributed by atoms with Crippen molar-refractivity contribution >= 4 is 11.6 Å². The van der Waals surface area contributed by atoms with Gasteiger partial charge in [-0.2, -0.15) is 0 Å². The van der Waals surface area contributed by atoms with Crippen LogP contribution in [-0.4, -0.2) is 16.7 Å². The Balaban J connectivity index is 2.45. The number of nitrogens with zero attached hydrogens (tertiary/aromatic N) is 2. The fourth-order valence-electron chi connectivity index (χ4n) is 1.91. The molecular formula is C14H18ClN3O. The first-order valence-corrected chi connectivity index (χ1v) is 6.54. The minimum Gasteiger partial charge on any atom is -0.495 e. The Morgan fingerprint density at radius 1 is 1.37 bits per heavy atom. The molecule has 1 atom stereocenters. The molecule has 0 radical (unpaired) electrons. The van der Waals surface area contributed by atoms with Gasteiger partial charge in [-0.05, 0) is 18.1 Å². The smallest absolute Gasteiger partial charge is 0.139 e. The second kappa shape index (κ2) is 5.63. The van der Waals surface area contributed by atoms with E-state index in [1.807, 2.05) is 16.7 Å². The van der Waals surface area contributed by atoms with Crippen molar-refractivity contribution in [2.75, 3.05) is 7.11 Å². The van der Waals surface area contributed by atoms with Gasteiger partial charge < -0.3 is 15.0 Å². The van der Waals surface area contributed by atoms with Gasteiger partial charge in [0.25, 0.3) is 0 Å². The number of aromatic nitrogens is 2. The van der Waals surface area contributed by atoms with Crippen LogP contribution < -0.4 is 10.5 Å². The van der Waals surface area contributed by atoms with Crippen molar-refractivity contribution in [2.45, 2.75) is 19.9 Å². The molecule has 0 aliphatic heterocycles. The number of benzene rings is 1. The van der Waals surface area contributed by atoms with E-state index in [-0.39, 0.29) is 6.04 Å². The zero-order valence-electron chi connectivity index (χ0n) is 11.3. The lowest BCUT2D eigenvalue weighted by Crippen LogP contribution is -2.19. The molecule has 0 fully saturated rings. The predicted octanol–water partition coefficient (Wildman–Crippen LogP) is 3.19. The van der Waals surface area contributed by atoms with Crippen LogP contribution in [0.4, 0.5) is 0 Å². The maximum atomic E-state index is 6.20. The number of hydrogen-bond acceptors (Lipinski definition) is 3. The maximum absolute atomic E-state index is 6.20. The van der Waals surface area contributed by atoms with E-state index in [2.05, 4.69) is 18.8 Å². The normalized spacial score (nSPS) is 12.7. The summed E-state index contributed by atoms with van der Waals surface area (Å²) < 4.78 is 7.20. The van der Waals surface area contributed by atoms with Crippen LogP contribution in [0, 0.1) is 5.92 Å². The highest BCUT2D eigenvalue weighted by molar-refractivity contribution is 6.32. The van der Waals surface area contributed by atoms with E-state index in [4.69, 9.17) is 22.1 Å². The van der Waals surface area contributed by atoms with Crippen LogP contribution in [0.5, 0.6) is 5.75 Å². The van der Waals surface area contributed by atoms with Crippen LogP contribution in [-0.2, 0) is 0 Å². The summed E-state index contributed by atoms with van der Waals surface area (Å²) in [6.45, 7) is 4.18. The van der Waals surface area contributed by atoms with Gasteiger partial charge in [-0.3, -0.25) is 0 Å². The zero-order valence-corrected chi connectivity index (χ0v) is 12.1. The highest BCUT2D eigenvalue weighted by Gasteiger charge is 2.16. The van der Waals surface area contributed by atoms with Crippen LogP contribution in [0.15, 0.2) is 30.7 Å². The first-order chi connectivity index (χ1) is 9.04. The molecule has 0 aliphatic carbocycles. The van der Waals surface area contributed by atoms with Gasteiger partial charge >= 0.3 is 0 Å². The van der Waals surface area contributed by atoms with Gasteiger partial charge in [0.15, 0.2) is 0 Å². The Hall–Kier alpha value is -1.52. The quantitative estimate of drug-likeness (QED) is 0.935. The summed E-state index contributed by atoms with van der Waals surface area (Å²) >= 11 is 6.04. The van der Waals surface area contributed by atoms with Crippen molar-refractivity contribution in [1.29, 1.82) is 0 Å². The molecule has 2 rings (SSSR count). The molecule has 0 aliphatic rings. The van der Waals surface area contributed by atoms with E-state index in [1.54, 1.807) is 25.7 Å². The number of methoxy groups -OCH3 is 1. The Kier molecular flexibility index (Phi) is 4.12. The molecule has 1 unspecified atom stereocenters. The summed E-state index contributed by atoms with van der Waals surface area (Å²) in [6.07, 6.45) is 3.55. The number of rotatable bonds is 4. The highest BCUT2D eigenvalue weighted by Crippen LogP contribution is 2.28. The molecule has 0 bridgehead atoms. The van der Waals surface area contributed by atoms with Crippen molar-refractivity contribution in [1.82, 2.24) is 9.55 Å². The van der Waals surface area contributed by atoms with E-state index in [0.717, 1.165) is 11.4 Å². The lowest BCUT2D eigenvalue weighted by molar-refractivity contribution is 0.414. The first kappa shape index (κ1) is 13.9. The topological polar surface area (TPSA) is 53.1 Å². The number of hydrogen-bond donors (Lipinski definition) is 1. The van der Waals surface area contributed by atoms with Crippen molar-refractivity contribution in [3.63, 3.8) is 0 Å². The standard InChI is InChI=1S/C14H18ClN3O/c1-9(2)14(16)12-7-17-8-18(12)10-4-5-11(15)13(6-10)19-3/h4-9,14H,16H2,1-3H3. The van der Waals surface area contributed by atoms with Gasteiger partial charge in [-0.1, -0.05) is 25.4 Å². The Morgan fingerprint density at radius 3 is 2.74 bits per heavy atom. The fraction of sp³-hybridized carbons (Fsp3) is 0.357. The van der Waals surface area contributed by atoms with Gasteiger partial charge in [-0.15, -0.1) is 0 Å². The molecule has 0 spiro atoms. The van der Waals surface area contributed by atoms with Crippen molar-refractivity contribution in [3.05, 3.63) is 41.4 Å². The maximum Gasteiger partial charge on any atom is 0.139 e. The third-order valence-corrected chi connectivity index (χ3v) is 3.45. The van der Waals surface area contributed by atoms with Crippen LogP contribution in [0.2, 0.25) is 5.02 Å². The summed E-state index contributed by atoms with van der Waals surface area (Å²) in [4.78, 5) is 4.19. The Morgan fingerprint density at radius 2 is 2.11 bits per heavy atom. The van der Waals surface area contributed by atoms with Crippen molar-refractivity contribution < 1.29 is 4.74 Å². The molecular weight excluding hydrogens is 262 g/mol. The van der Waals surface area contributed by atoms with Gasteiger partial charge in [0, 0.05) is 12.1 Å². The monoisotopic (exact) mass is 279 g/mol. The second-order valence-corrected chi connectivity index (χ2v) is 5.18. The summed E-state index contributed by atoms with van der Waals surface area (Å²) in [5, 5.41) is 0.584. The molecule has 19 heavy (non-hydrogen) atoms. The van der Waals surface area contributed by atoms with Gasteiger partial charge in [0.2, 0.25) is 0 Å². The minimum atomic E-state index is -0.0656. The van der Waals surface area contributed by atoms with E-state index >= 15 is 0 Å². The molecule has 2 aromatic rings. The number of nitrogens with two attached hydrogens (primary N) is 1. The van der Waals surface area contributed by atoms with E-state index in [1.165, 1.54) is 0 Å². The Bertz CT molecular complexity index is 566. The molecule has 0 saturated heterocycles. The largest absolute Gasteiger partial charge is 0.495 e. The highest BCUT2D eigenvalue weighted by atomic mass is 35.5. The number of imidazole rings is 1. The number of halogens is 1. The molecule has 5 heteroatoms. The lowest BCUT2D eigenvalue weighted by atomic mass is 10.0. The predicted molar refractivity (Wildman–Crippen MR) is 76.9 cm³/mol. The number of ether oxygens (including phenoxy) is 1. The van der Waals surface area contributed by atoms with Gasteiger partial charge in [-0.25, -0.2) is 4.98 Å². The molecule has 4 nitrogen and oxygen atoms in total. The molecule has 2 N–H and O–H groups in total. The summed E-state index contributed by atoms with van der Waals surface area (Å²) in [6, 6.07) is 5.54. The average Bonchev–Trinajstić information content (AvgIpc) is 2.87. The molecule has 102 valence electrons. The summed E-state index contributed by atoms with van der Waals surface area (Å²) in [5.74, 6) is 0.974. The lowest BCUT2D eigenvalue weighted by Gasteiger charge is -2.18.